The molecule has 136 valence electrons. The van der Waals surface area contributed by atoms with Gasteiger partial charge in [-0.25, -0.2) is 4.79 Å². The molecule has 26 heavy (non-hydrogen) atoms. The summed E-state index contributed by atoms with van der Waals surface area (Å²) in [6, 6.07) is 15.6. The molecule has 0 bridgehead atoms. The summed E-state index contributed by atoms with van der Waals surface area (Å²) in [5, 5.41) is 5.25. The molecule has 2 rings (SSSR count). The number of nitrogens with one attached hydrogen (secondary N) is 2. The molecule has 2 N–H and O–H groups in total. The molecular formula is C18H17ClN2O4S. The zero-order valence-electron chi connectivity index (χ0n) is 13.7. The molecule has 0 fully saturated rings. The van der Waals surface area contributed by atoms with Crippen molar-refractivity contribution in [3.8, 4) is 0 Å². The molecule has 0 saturated carbocycles. The van der Waals surface area contributed by atoms with Crippen LogP contribution in [0.2, 0.25) is 5.02 Å². The second-order valence-electron chi connectivity index (χ2n) is 5.12. The minimum Gasteiger partial charge on any atom is -0.455 e. The third kappa shape index (κ3) is 7.58. The number of imide groups is 1. The zero-order chi connectivity index (χ0) is 18.8. The molecule has 0 unspecified atom stereocenters. The highest BCUT2D eigenvalue weighted by Crippen LogP contribution is 2.20. The number of amides is 3. The Balaban J connectivity index is 1.62. The van der Waals surface area contributed by atoms with Crippen molar-refractivity contribution >= 4 is 41.3 Å². The van der Waals surface area contributed by atoms with Crippen molar-refractivity contribution in [1.82, 2.24) is 10.6 Å². The van der Waals surface area contributed by atoms with E-state index in [1.54, 1.807) is 24.3 Å². The number of rotatable bonds is 7. The third-order valence-corrected chi connectivity index (χ3v) is 4.32. The maximum absolute atomic E-state index is 11.6. The Morgan fingerprint density at radius 3 is 2.38 bits per heavy atom. The molecule has 0 aromatic heterocycles. The summed E-state index contributed by atoms with van der Waals surface area (Å²) in [4.78, 5) is 35.7. The number of halogens is 1. The molecule has 0 aliphatic heterocycles. The fraction of sp³-hybridized carbons (Fsp3) is 0.167. The number of carbonyl (C=O) groups excluding carboxylic acids is 3. The molecule has 0 atom stereocenters. The summed E-state index contributed by atoms with van der Waals surface area (Å²) in [5.74, 6) is -1.19. The summed E-state index contributed by atoms with van der Waals surface area (Å²) in [6.45, 7) is -0.226. The van der Waals surface area contributed by atoms with E-state index >= 15 is 0 Å². The monoisotopic (exact) mass is 392 g/mol. The maximum atomic E-state index is 11.6. The Labute approximate surface area is 160 Å². The van der Waals surface area contributed by atoms with E-state index in [2.05, 4.69) is 10.6 Å². The Kier molecular flexibility index (Phi) is 7.98. The normalized spacial score (nSPS) is 10.0. The summed E-state index contributed by atoms with van der Waals surface area (Å²) in [6.07, 6.45) is 0. The predicted molar refractivity (Wildman–Crippen MR) is 100.0 cm³/mol. The van der Waals surface area contributed by atoms with Gasteiger partial charge in [-0.15, -0.1) is 11.8 Å². The molecule has 6 nitrogen and oxygen atoms in total. The highest BCUT2D eigenvalue weighted by molar-refractivity contribution is 8.00. The van der Waals surface area contributed by atoms with Crippen LogP contribution in [0.15, 0.2) is 59.5 Å². The average Bonchev–Trinajstić information content (AvgIpc) is 2.65. The fourth-order valence-corrected chi connectivity index (χ4v) is 2.67. The molecule has 0 spiro atoms. The minimum atomic E-state index is -0.694. The van der Waals surface area contributed by atoms with Crippen molar-refractivity contribution in [2.24, 2.45) is 0 Å². The second-order valence-corrected chi connectivity index (χ2v) is 6.60. The van der Waals surface area contributed by atoms with Gasteiger partial charge in [-0.05, 0) is 29.8 Å². The predicted octanol–water partition coefficient (Wildman–Crippen LogP) is 3.00. The van der Waals surface area contributed by atoms with E-state index in [4.69, 9.17) is 16.3 Å². The number of benzene rings is 2. The SMILES string of the molecule is O=C(COC(=O)CSc1ccc(Cl)cc1)NC(=O)NCc1ccccc1. The van der Waals surface area contributed by atoms with Gasteiger partial charge >= 0.3 is 12.0 Å². The minimum absolute atomic E-state index is 0.0507. The van der Waals surface area contributed by atoms with Gasteiger partial charge in [-0.2, -0.15) is 0 Å². The van der Waals surface area contributed by atoms with Crippen LogP contribution < -0.4 is 10.6 Å². The maximum Gasteiger partial charge on any atom is 0.321 e. The van der Waals surface area contributed by atoms with E-state index in [0.717, 1.165) is 10.5 Å². The van der Waals surface area contributed by atoms with E-state index in [9.17, 15) is 14.4 Å². The number of ether oxygens (including phenoxy) is 1. The zero-order valence-corrected chi connectivity index (χ0v) is 15.3. The van der Waals surface area contributed by atoms with Crippen molar-refractivity contribution in [1.29, 1.82) is 0 Å². The fourth-order valence-electron chi connectivity index (χ4n) is 1.85. The molecule has 0 aliphatic rings. The van der Waals surface area contributed by atoms with Crippen molar-refractivity contribution in [2.75, 3.05) is 12.4 Å². The average molecular weight is 393 g/mol. The number of hydrogen-bond donors (Lipinski definition) is 2. The third-order valence-electron chi connectivity index (χ3n) is 3.08. The number of carbonyl (C=O) groups is 3. The summed E-state index contributed by atoms with van der Waals surface area (Å²) < 4.78 is 4.84. The topological polar surface area (TPSA) is 84.5 Å². The second kappa shape index (κ2) is 10.5. The van der Waals surface area contributed by atoms with Gasteiger partial charge in [0.2, 0.25) is 0 Å². The van der Waals surface area contributed by atoms with Gasteiger partial charge in [-0.1, -0.05) is 41.9 Å². The van der Waals surface area contributed by atoms with Crippen LogP contribution in [0.3, 0.4) is 0 Å². The van der Waals surface area contributed by atoms with Crippen LogP contribution in [-0.4, -0.2) is 30.3 Å². The standard InChI is InChI=1S/C18H17ClN2O4S/c19-14-6-8-15(9-7-14)26-12-17(23)25-11-16(22)21-18(24)20-10-13-4-2-1-3-5-13/h1-9H,10-12H2,(H2,20,21,22,24). The molecule has 3 amide bonds. The molecular weight excluding hydrogens is 376 g/mol. The van der Waals surface area contributed by atoms with Crippen LogP contribution >= 0.6 is 23.4 Å². The van der Waals surface area contributed by atoms with Crippen LogP contribution in [0.1, 0.15) is 5.56 Å². The van der Waals surface area contributed by atoms with Gasteiger partial charge in [-0.3, -0.25) is 14.9 Å². The molecule has 0 aliphatic carbocycles. The largest absolute Gasteiger partial charge is 0.455 e. The first-order chi connectivity index (χ1) is 12.5. The van der Waals surface area contributed by atoms with Gasteiger partial charge in [0.25, 0.3) is 5.91 Å². The first-order valence-electron chi connectivity index (χ1n) is 7.68. The Bertz CT molecular complexity index is 754. The van der Waals surface area contributed by atoms with Crippen molar-refractivity contribution < 1.29 is 19.1 Å². The highest BCUT2D eigenvalue weighted by atomic mass is 35.5. The van der Waals surface area contributed by atoms with E-state index in [0.29, 0.717) is 5.02 Å². The lowest BCUT2D eigenvalue weighted by atomic mass is 10.2. The number of esters is 1. The van der Waals surface area contributed by atoms with E-state index in [1.807, 2.05) is 30.3 Å². The number of hydrogen-bond acceptors (Lipinski definition) is 5. The Morgan fingerprint density at radius 1 is 1.00 bits per heavy atom. The molecule has 0 heterocycles. The Hall–Kier alpha value is -2.51. The van der Waals surface area contributed by atoms with Crippen molar-refractivity contribution in [3.63, 3.8) is 0 Å². The quantitative estimate of drug-likeness (QED) is 0.559. The molecule has 2 aromatic rings. The van der Waals surface area contributed by atoms with Crippen LogP contribution in [0.5, 0.6) is 0 Å². The lowest BCUT2D eigenvalue weighted by Crippen LogP contribution is -2.41. The highest BCUT2D eigenvalue weighted by Gasteiger charge is 2.11. The van der Waals surface area contributed by atoms with Crippen LogP contribution in [-0.2, 0) is 20.9 Å². The lowest BCUT2D eigenvalue weighted by Gasteiger charge is -2.07. The molecule has 8 heteroatoms. The van der Waals surface area contributed by atoms with Gasteiger partial charge in [0.15, 0.2) is 6.61 Å². The van der Waals surface area contributed by atoms with E-state index in [1.165, 1.54) is 11.8 Å². The smallest absolute Gasteiger partial charge is 0.321 e. The van der Waals surface area contributed by atoms with Gasteiger partial charge < -0.3 is 10.1 Å². The summed E-state index contributed by atoms with van der Waals surface area (Å²) in [7, 11) is 0. The Morgan fingerprint density at radius 2 is 1.69 bits per heavy atom. The number of thioether (sulfide) groups is 1. The molecule has 0 saturated heterocycles. The summed E-state index contributed by atoms with van der Waals surface area (Å²) >= 11 is 7.04. The van der Waals surface area contributed by atoms with E-state index in [-0.39, 0.29) is 12.3 Å². The molecule has 2 aromatic carbocycles. The lowest BCUT2D eigenvalue weighted by molar-refractivity contribution is -0.145. The van der Waals surface area contributed by atoms with Gasteiger partial charge in [0.05, 0.1) is 5.75 Å². The van der Waals surface area contributed by atoms with Crippen LogP contribution in [0.4, 0.5) is 4.79 Å². The summed E-state index contributed by atoms with van der Waals surface area (Å²) in [5.41, 5.74) is 0.903. The van der Waals surface area contributed by atoms with Crippen LogP contribution in [0, 0.1) is 0 Å². The van der Waals surface area contributed by atoms with Gasteiger partial charge in [0.1, 0.15) is 0 Å². The van der Waals surface area contributed by atoms with E-state index < -0.39 is 24.5 Å². The first-order valence-corrected chi connectivity index (χ1v) is 9.05. The first kappa shape index (κ1) is 19.8. The number of urea groups is 1. The van der Waals surface area contributed by atoms with Gasteiger partial charge in [0, 0.05) is 16.5 Å². The molecule has 0 radical (unpaired) electrons. The van der Waals surface area contributed by atoms with Crippen molar-refractivity contribution in [2.45, 2.75) is 11.4 Å². The van der Waals surface area contributed by atoms with Crippen molar-refractivity contribution in [3.05, 3.63) is 65.2 Å². The van der Waals surface area contributed by atoms with Crippen LogP contribution in [0.25, 0.3) is 0 Å².